The molecule has 2 unspecified atom stereocenters. The van der Waals surface area contributed by atoms with Gasteiger partial charge < -0.3 is 18.9 Å². The van der Waals surface area contributed by atoms with Gasteiger partial charge >= 0.3 is 19.8 Å². The van der Waals surface area contributed by atoms with Crippen molar-refractivity contribution in [2.75, 3.05) is 47.5 Å². The highest BCUT2D eigenvalue weighted by atomic mass is 31.2. The van der Waals surface area contributed by atoms with Crippen LogP contribution in [0.1, 0.15) is 348 Å². The minimum atomic E-state index is -4.41. The molecule has 0 saturated carbocycles. The van der Waals surface area contributed by atoms with E-state index in [4.69, 9.17) is 18.5 Å². The third-order valence-electron chi connectivity index (χ3n) is 16.6. The largest absolute Gasteiger partial charge is 0.472 e. The number of allylic oxidation sites excluding steroid dienone is 16. The first-order valence-electron chi connectivity index (χ1n) is 38.0. The number of esters is 2. The summed E-state index contributed by atoms with van der Waals surface area (Å²) in [6, 6.07) is 0. The minimum Gasteiger partial charge on any atom is -0.462 e. The van der Waals surface area contributed by atoms with E-state index in [-0.39, 0.29) is 32.0 Å². The summed E-state index contributed by atoms with van der Waals surface area (Å²) >= 11 is 0. The van der Waals surface area contributed by atoms with E-state index in [1.165, 1.54) is 231 Å². The maximum atomic E-state index is 12.9. The Hall–Kier alpha value is -3.07. The van der Waals surface area contributed by atoms with Crippen molar-refractivity contribution in [1.82, 2.24) is 0 Å². The highest BCUT2D eigenvalue weighted by molar-refractivity contribution is 7.47. The average Bonchev–Trinajstić information content (AvgIpc) is 3.58. The second-order valence-corrected chi connectivity index (χ2v) is 28.1. The maximum Gasteiger partial charge on any atom is 0.472 e. The van der Waals surface area contributed by atoms with Gasteiger partial charge in [0.05, 0.1) is 27.7 Å². The number of carbonyl (C=O) groups excluding carboxylic acids is 2. The number of carbonyl (C=O) groups is 2. The number of likely N-dealkylation sites (N-methyl/N-ethyl adjacent to an activating group) is 1. The quantitative estimate of drug-likeness (QED) is 0.0211. The molecule has 0 aliphatic heterocycles. The second kappa shape index (κ2) is 70.3. The predicted octanol–water partition coefficient (Wildman–Crippen LogP) is 25.1. The monoisotopic (exact) mass is 1280 g/mol. The Labute approximate surface area is 557 Å². The van der Waals surface area contributed by atoms with Gasteiger partial charge in [0.25, 0.3) is 0 Å². The van der Waals surface area contributed by atoms with Crippen LogP contribution < -0.4 is 0 Å². The third kappa shape index (κ3) is 74.0. The Kier molecular flexibility index (Phi) is 67.9. The van der Waals surface area contributed by atoms with E-state index in [2.05, 4.69) is 111 Å². The molecular formula is C80H145NO8P+. The lowest BCUT2D eigenvalue weighted by Crippen LogP contribution is -2.37. The van der Waals surface area contributed by atoms with Crippen LogP contribution in [0.25, 0.3) is 0 Å². The molecule has 0 aromatic rings. The number of phosphoric acid groups is 1. The molecule has 0 radical (unpaired) electrons. The maximum absolute atomic E-state index is 12.9. The standard InChI is InChI=1S/C80H144NO8P/c1-6-8-10-12-14-16-18-20-22-24-26-28-30-32-33-34-35-36-37-38-39-40-41-42-43-44-45-46-47-49-50-52-54-56-58-60-62-64-66-68-70-72-79(82)86-76-78(77-88-90(84,85)87-75-74-81(3,4)5)89-80(83)73-71-69-67-65-63-61-59-57-55-53-51-48-31-29-27-25-23-21-19-17-15-13-11-9-7-2/h9,11,15,17,21,23-24,26-27,29,48,51,55,57,61,63,78H,6-8,10,12-14,16,18-20,22,25,28,30-47,49-50,52-54,56,58-60,62,64-77H2,1-5H3/p+1/b11-9-,17-15-,23-21-,26-24-,29-27-,51-48-,57-55-,63-61-. The van der Waals surface area contributed by atoms with Crippen molar-refractivity contribution in [3.05, 3.63) is 97.2 Å². The van der Waals surface area contributed by atoms with Crippen molar-refractivity contribution in [3.8, 4) is 0 Å². The Morgan fingerprint density at radius 3 is 0.967 bits per heavy atom. The highest BCUT2D eigenvalue weighted by Crippen LogP contribution is 2.43. The molecule has 0 spiro atoms. The fourth-order valence-corrected chi connectivity index (χ4v) is 11.6. The van der Waals surface area contributed by atoms with Gasteiger partial charge in [-0.05, 0) is 96.3 Å². The molecule has 1 N–H and O–H groups in total. The molecule has 0 aliphatic rings. The van der Waals surface area contributed by atoms with Crippen LogP contribution in [0.2, 0.25) is 0 Å². The van der Waals surface area contributed by atoms with Gasteiger partial charge in [-0.1, -0.05) is 336 Å². The van der Waals surface area contributed by atoms with Crippen molar-refractivity contribution in [1.29, 1.82) is 0 Å². The minimum absolute atomic E-state index is 0.0215. The van der Waals surface area contributed by atoms with Crippen molar-refractivity contribution in [3.63, 3.8) is 0 Å². The first-order valence-corrected chi connectivity index (χ1v) is 39.5. The summed E-state index contributed by atoms with van der Waals surface area (Å²) in [6.45, 7) is 4.31. The Morgan fingerprint density at radius 1 is 0.356 bits per heavy atom. The van der Waals surface area contributed by atoms with E-state index in [0.29, 0.717) is 17.4 Å². The zero-order valence-electron chi connectivity index (χ0n) is 59.6. The number of hydrogen-bond acceptors (Lipinski definition) is 7. The number of quaternary nitrogens is 1. The summed E-state index contributed by atoms with van der Waals surface area (Å²) in [4.78, 5) is 35.9. The smallest absolute Gasteiger partial charge is 0.462 e. The molecular weight excluding hydrogens is 1130 g/mol. The van der Waals surface area contributed by atoms with Gasteiger partial charge in [-0.3, -0.25) is 18.6 Å². The lowest BCUT2D eigenvalue weighted by molar-refractivity contribution is -0.870. The molecule has 90 heavy (non-hydrogen) atoms. The molecule has 522 valence electrons. The normalized spacial score (nSPS) is 13.6. The van der Waals surface area contributed by atoms with Crippen molar-refractivity contribution in [2.45, 2.75) is 354 Å². The summed E-state index contributed by atoms with van der Waals surface area (Å²) in [6.07, 6.45) is 98.5. The van der Waals surface area contributed by atoms with Gasteiger partial charge in [-0.15, -0.1) is 0 Å². The van der Waals surface area contributed by atoms with E-state index >= 15 is 0 Å². The van der Waals surface area contributed by atoms with Crippen LogP contribution in [0.4, 0.5) is 0 Å². The van der Waals surface area contributed by atoms with Crippen molar-refractivity contribution >= 4 is 19.8 Å². The molecule has 2 atom stereocenters. The van der Waals surface area contributed by atoms with Crippen molar-refractivity contribution < 1.29 is 42.1 Å². The van der Waals surface area contributed by atoms with E-state index in [1.807, 2.05) is 21.1 Å². The number of phosphoric ester groups is 1. The lowest BCUT2D eigenvalue weighted by atomic mass is 10.0. The van der Waals surface area contributed by atoms with Crippen LogP contribution in [0.15, 0.2) is 97.2 Å². The van der Waals surface area contributed by atoms with E-state index in [9.17, 15) is 19.0 Å². The number of ether oxygens (including phenoxy) is 2. The molecule has 0 fully saturated rings. The van der Waals surface area contributed by atoms with Crippen LogP contribution in [-0.2, 0) is 32.7 Å². The fraction of sp³-hybridized carbons (Fsp3) is 0.775. The molecule has 0 saturated heterocycles. The van der Waals surface area contributed by atoms with Gasteiger partial charge in [0.1, 0.15) is 19.8 Å². The summed E-state index contributed by atoms with van der Waals surface area (Å²) in [5, 5.41) is 0. The summed E-state index contributed by atoms with van der Waals surface area (Å²) in [7, 11) is 1.45. The molecule has 0 aliphatic carbocycles. The molecule has 0 aromatic carbocycles. The van der Waals surface area contributed by atoms with Gasteiger partial charge in [-0.25, -0.2) is 4.57 Å². The third-order valence-corrected chi connectivity index (χ3v) is 17.6. The molecule has 10 heteroatoms. The fourth-order valence-electron chi connectivity index (χ4n) is 10.8. The van der Waals surface area contributed by atoms with Crippen LogP contribution in [0.3, 0.4) is 0 Å². The Bertz CT molecular complexity index is 1840. The molecule has 0 aromatic heterocycles. The molecule has 0 bridgehead atoms. The number of rotatable bonds is 70. The first kappa shape index (κ1) is 86.9. The van der Waals surface area contributed by atoms with Gasteiger partial charge in [0, 0.05) is 12.8 Å². The van der Waals surface area contributed by atoms with Crippen LogP contribution in [0, 0.1) is 0 Å². The zero-order valence-corrected chi connectivity index (χ0v) is 60.5. The molecule has 0 rings (SSSR count). The summed E-state index contributed by atoms with van der Waals surface area (Å²) < 4.78 is 34.7. The zero-order chi connectivity index (χ0) is 65.5. The molecule has 9 nitrogen and oxygen atoms in total. The lowest BCUT2D eigenvalue weighted by Gasteiger charge is -2.24. The van der Waals surface area contributed by atoms with Gasteiger partial charge in [0.15, 0.2) is 6.10 Å². The average molecular weight is 1280 g/mol. The second-order valence-electron chi connectivity index (χ2n) is 26.7. The van der Waals surface area contributed by atoms with E-state index in [0.717, 1.165) is 83.5 Å². The Morgan fingerprint density at radius 2 is 0.633 bits per heavy atom. The number of hydrogen-bond donors (Lipinski definition) is 1. The highest BCUT2D eigenvalue weighted by Gasteiger charge is 2.27. The van der Waals surface area contributed by atoms with Crippen molar-refractivity contribution in [2.24, 2.45) is 0 Å². The SMILES string of the molecule is CC/C=C\C/C=C\C/C=C\C/C=C\C/C=C\C/C=C\C/C=C\CCCCCC(=O)OC(COC(=O)CCCCCCCCCCCCCCCCCCCCCCCCCCCCCCC/C=C\CCCCCCCCCC)COP(=O)(O)OCC[N+](C)(C)C. The predicted molar refractivity (Wildman–Crippen MR) is 390 cm³/mol. The van der Waals surface area contributed by atoms with E-state index in [1.54, 1.807) is 0 Å². The number of nitrogens with zero attached hydrogens (tertiary/aromatic N) is 1. The van der Waals surface area contributed by atoms with Gasteiger partial charge in [0.2, 0.25) is 0 Å². The summed E-state index contributed by atoms with van der Waals surface area (Å²) in [5.41, 5.74) is 0. The van der Waals surface area contributed by atoms with Crippen LogP contribution in [-0.4, -0.2) is 74.9 Å². The molecule has 0 heterocycles. The van der Waals surface area contributed by atoms with Crippen LogP contribution >= 0.6 is 7.82 Å². The number of unbranched alkanes of at least 4 members (excludes halogenated alkanes) is 40. The van der Waals surface area contributed by atoms with E-state index < -0.39 is 26.5 Å². The Balaban J connectivity index is 3.95. The van der Waals surface area contributed by atoms with Gasteiger partial charge in [-0.2, -0.15) is 0 Å². The molecule has 0 amide bonds. The topological polar surface area (TPSA) is 108 Å². The summed E-state index contributed by atoms with van der Waals surface area (Å²) in [5.74, 6) is -0.829. The van der Waals surface area contributed by atoms with Crippen LogP contribution in [0.5, 0.6) is 0 Å². The first-order chi connectivity index (χ1) is 44.0.